The van der Waals surface area contributed by atoms with Gasteiger partial charge in [-0.1, -0.05) is 6.92 Å². The van der Waals surface area contributed by atoms with E-state index < -0.39 is 0 Å². The van der Waals surface area contributed by atoms with Gasteiger partial charge < -0.3 is 5.32 Å². The van der Waals surface area contributed by atoms with Gasteiger partial charge in [-0.25, -0.2) is 14.6 Å². The second kappa shape index (κ2) is 5.48. The maximum absolute atomic E-state index is 12.1. The molecular weight excluding hydrogens is 262 g/mol. The molecule has 0 bridgehead atoms. The number of carbonyl (C=O) groups excluding carboxylic acids is 1. The van der Waals surface area contributed by atoms with Crippen molar-refractivity contribution in [2.75, 3.05) is 0 Å². The molecule has 1 atom stereocenters. The molecule has 0 radical (unpaired) electrons. The monoisotopic (exact) mass is 279 g/mol. The number of hydrogen-bond donors (Lipinski definition) is 1. The van der Waals surface area contributed by atoms with Crippen molar-refractivity contribution < 1.29 is 4.79 Å². The van der Waals surface area contributed by atoms with Crippen molar-refractivity contribution in [3.63, 3.8) is 0 Å². The molecule has 1 N–H and O–H groups in total. The number of amides is 1. The van der Waals surface area contributed by atoms with Crippen LogP contribution in [-0.2, 0) is 13.5 Å². The van der Waals surface area contributed by atoms with Gasteiger partial charge in [-0.15, -0.1) is 11.3 Å². The first-order chi connectivity index (χ1) is 9.01. The number of hydrogen-bond acceptors (Lipinski definition) is 5. The van der Waals surface area contributed by atoms with Gasteiger partial charge in [0.2, 0.25) is 5.82 Å². The highest BCUT2D eigenvalue weighted by molar-refractivity contribution is 7.09. The average molecular weight is 279 g/mol. The fourth-order valence-electron chi connectivity index (χ4n) is 1.73. The number of rotatable bonds is 4. The molecule has 0 spiro atoms. The topological polar surface area (TPSA) is 72.7 Å². The SMILES string of the molecule is CCc1nc(C(C)NC(=O)c2nc(C)nn2C)cs1. The van der Waals surface area contributed by atoms with Gasteiger partial charge in [-0.05, 0) is 20.3 Å². The molecule has 7 heteroatoms. The maximum Gasteiger partial charge on any atom is 0.289 e. The Kier molecular flexibility index (Phi) is 3.94. The molecule has 2 heterocycles. The minimum atomic E-state index is -0.235. The molecule has 6 nitrogen and oxygen atoms in total. The lowest BCUT2D eigenvalue weighted by molar-refractivity contribution is 0.0924. The third kappa shape index (κ3) is 2.98. The molecular formula is C12H17N5OS. The Labute approximate surface area is 115 Å². The van der Waals surface area contributed by atoms with Crippen LogP contribution in [0.1, 0.15) is 47.0 Å². The molecule has 2 aromatic rings. The third-order valence-corrected chi connectivity index (χ3v) is 3.75. The maximum atomic E-state index is 12.1. The first kappa shape index (κ1) is 13.7. The third-order valence-electron chi connectivity index (χ3n) is 2.74. The summed E-state index contributed by atoms with van der Waals surface area (Å²) >= 11 is 1.61. The summed E-state index contributed by atoms with van der Waals surface area (Å²) in [6.07, 6.45) is 0.911. The number of aryl methyl sites for hydroxylation is 3. The van der Waals surface area contributed by atoms with E-state index in [1.165, 1.54) is 4.68 Å². The van der Waals surface area contributed by atoms with Gasteiger partial charge in [0.05, 0.1) is 16.7 Å². The summed E-state index contributed by atoms with van der Waals surface area (Å²) in [5, 5.41) is 10.00. The minimum absolute atomic E-state index is 0.138. The number of nitrogens with zero attached hydrogens (tertiary/aromatic N) is 4. The van der Waals surface area contributed by atoms with Crippen LogP contribution < -0.4 is 5.32 Å². The van der Waals surface area contributed by atoms with Gasteiger partial charge >= 0.3 is 0 Å². The van der Waals surface area contributed by atoms with Crippen molar-refractivity contribution in [3.05, 3.63) is 27.7 Å². The van der Waals surface area contributed by atoms with Crippen molar-refractivity contribution in [1.29, 1.82) is 0 Å². The average Bonchev–Trinajstić information content (AvgIpc) is 2.95. The molecule has 2 aromatic heterocycles. The number of aromatic nitrogens is 4. The smallest absolute Gasteiger partial charge is 0.289 e. The largest absolute Gasteiger partial charge is 0.341 e. The van der Waals surface area contributed by atoms with Crippen LogP contribution in [-0.4, -0.2) is 25.7 Å². The highest BCUT2D eigenvalue weighted by atomic mass is 32.1. The van der Waals surface area contributed by atoms with Crippen molar-refractivity contribution in [3.8, 4) is 0 Å². The lowest BCUT2D eigenvalue weighted by atomic mass is 10.2. The predicted octanol–water partition coefficient (Wildman–Crippen LogP) is 1.63. The van der Waals surface area contributed by atoms with E-state index in [0.29, 0.717) is 11.6 Å². The fraction of sp³-hybridized carbons (Fsp3) is 0.500. The highest BCUT2D eigenvalue weighted by Crippen LogP contribution is 2.17. The van der Waals surface area contributed by atoms with Crippen molar-refractivity contribution >= 4 is 17.2 Å². The molecule has 0 aliphatic heterocycles. The Bertz CT molecular complexity index is 589. The van der Waals surface area contributed by atoms with Crippen LogP contribution in [0.4, 0.5) is 0 Å². The second-order valence-corrected chi connectivity index (χ2v) is 5.26. The van der Waals surface area contributed by atoms with Gasteiger partial charge in [0, 0.05) is 12.4 Å². The number of carbonyl (C=O) groups is 1. The Balaban J connectivity index is 2.08. The van der Waals surface area contributed by atoms with E-state index in [9.17, 15) is 4.79 Å². The summed E-state index contributed by atoms with van der Waals surface area (Å²) < 4.78 is 1.48. The quantitative estimate of drug-likeness (QED) is 0.923. The van der Waals surface area contributed by atoms with Crippen LogP contribution in [0.3, 0.4) is 0 Å². The lowest BCUT2D eigenvalue weighted by Gasteiger charge is -2.10. The lowest BCUT2D eigenvalue weighted by Crippen LogP contribution is -2.29. The molecule has 0 aliphatic rings. The van der Waals surface area contributed by atoms with Crippen molar-refractivity contribution in [2.45, 2.75) is 33.2 Å². The molecule has 1 amide bonds. The number of nitrogens with one attached hydrogen (secondary N) is 1. The predicted molar refractivity (Wildman–Crippen MR) is 73.1 cm³/mol. The minimum Gasteiger partial charge on any atom is -0.341 e. The van der Waals surface area contributed by atoms with E-state index >= 15 is 0 Å². The molecule has 0 fully saturated rings. The first-order valence-corrected chi connectivity index (χ1v) is 7.02. The van der Waals surface area contributed by atoms with Crippen LogP contribution in [0.15, 0.2) is 5.38 Å². The van der Waals surface area contributed by atoms with Gasteiger partial charge in [-0.2, -0.15) is 5.10 Å². The van der Waals surface area contributed by atoms with E-state index in [2.05, 4.69) is 27.3 Å². The Morgan fingerprint density at radius 1 is 1.53 bits per heavy atom. The normalized spacial score (nSPS) is 12.4. The standard InChI is InChI=1S/C12H17N5OS/c1-5-10-15-9(6-19-10)7(2)13-12(18)11-14-8(3)16-17(11)4/h6-7H,5H2,1-4H3,(H,13,18). The molecule has 0 aromatic carbocycles. The van der Waals surface area contributed by atoms with E-state index in [4.69, 9.17) is 0 Å². The van der Waals surface area contributed by atoms with Gasteiger partial charge in [0.15, 0.2) is 0 Å². The van der Waals surface area contributed by atoms with Crippen LogP contribution in [0, 0.1) is 6.92 Å². The molecule has 0 saturated heterocycles. The molecule has 0 aliphatic carbocycles. The summed E-state index contributed by atoms with van der Waals surface area (Å²) in [4.78, 5) is 20.6. The van der Waals surface area contributed by atoms with E-state index in [0.717, 1.165) is 17.1 Å². The van der Waals surface area contributed by atoms with Crippen molar-refractivity contribution in [1.82, 2.24) is 25.1 Å². The van der Waals surface area contributed by atoms with E-state index in [-0.39, 0.29) is 11.9 Å². The summed E-state index contributed by atoms with van der Waals surface area (Å²) in [5.74, 6) is 0.666. The van der Waals surface area contributed by atoms with Gasteiger partial charge in [0.1, 0.15) is 5.82 Å². The Morgan fingerprint density at radius 3 is 2.79 bits per heavy atom. The van der Waals surface area contributed by atoms with E-state index in [1.54, 1.807) is 25.3 Å². The summed E-state index contributed by atoms with van der Waals surface area (Å²) in [7, 11) is 1.71. The zero-order valence-corrected chi connectivity index (χ0v) is 12.3. The van der Waals surface area contributed by atoms with Crippen LogP contribution >= 0.6 is 11.3 Å². The van der Waals surface area contributed by atoms with Crippen LogP contribution in [0.25, 0.3) is 0 Å². The molecule has 1 unspecified atom stereocenters. The van der Waals surface area contributed by atoms with Crippen LogP contribution in [0.5, 0.6) is 0 Å². The molecule has 19 heavy (non-hydrogen) atoms. The molecule has 102 valence electrons. The fourth-order valence-corrected chi connectivity index (χ4v) is 2.57. The van der Waals surface area contributed by atoms with E-state index in [1.807, 2.05) is 12.3 Å². The molecule has 0 saturated carbocycles. The summed E-state index contributed by atoms with van der Waals surface area (Å²) in [6, 6.07) is -0.138. The Hall–Kier alpha value is -1.76. The number of thiazole rings is 1. The first-order valence-electron chi connectivity index (χ1n) is 6.14. The summed E-state index contributed by atoms with van der Waals surface area (Å²) in [6.45, 7) is 5.73. The zero-order valence-electron chi connectivity index (χ0n) is 11.5. The Morgan fingerprint density at radius 2 is 2.26 bits per heavy atom. The van der Waals surface area contributed by atoms with Crippen molar-refractivity contribution in [2.24, 2.45) is 7.05 Å². The highest BCUT2D eigenvalue weighted by Gasteiger charge is 2.18. The zero-order chi connectivity index (χ0) is 14.0. The van der Waals surface area contributed by atoms with Gasteiger partial charge in [0.25, 0.3) is 5.91 Å². The second-order valence-electron chi connectivity index (χ2n) is 4.32. The van der Waals surface area contributed by atoms with Crippen LogP contribution in [0.2, 0.25) is 0 Å². The van der Waals surface area contributed by atoms with Gasteiger partial charge in [-0.3, -0.25) is 4.79 Å². The molecule has 2 rings (SSSR count). The summed E-state index contributed by atoms with van der Waals surface area (Å²) in [5.41, 5.74) is 0.883.